The summed E-state index contributed by atoms with van der Waals surface area (Å²) in [6, 6.07) is 19.3. The summed E-state index contributed by atoms with van der Waals surface area (Å²) in [5.41, 5.74) is 4.93. The van der Waals surface area contributed by atoms with Crippen LogP contribution in [-0.2, 0) is 13.0 Å². The minimum absolute atomic E-state index is 0.0364. The molecule has 0 radical (unpaired) electrons. The lowest BCUT2D eigenvalue weighted by atomic mass is 9.88. The van der Waals surface area contributed by atoms with E-state index >= 15 is 0 Å². The van der Waals surface area contributed by atoms with Crippen molar-refractivity contribution in [2.75, 3.05) is 0 Å². The maximum atomic E-state index is 13.0. The first-order valence-corrected chi connectivity index (χ1v) is 11.0. The number of rotatable bonds is 4. The molecule has 1 aliphatic rings. The Labute approximate surface area is 173 Å². The Balaban J connectivity index is 1.45. The van der Waals surface area contributed by atoms with Gasteiger partial charge in [0.1, 0.15) is 17.4 Å². The smallest absolute Gasteiger partial charge is 0.260 e. The fourth-order valence-electron chi connectivity index (χ4n) is 4.50. The van der Waals surface area contributed by atoms with Gasteiger partial charge in [0.15, 0.2) is 5.82 Å². The molecule has 146 valence electrons. The molecule has 2 aromatic heterocycles. The zero-order chi connectivity index (χ0) is 19.8. The maximum absolute atomic E-state index is 13.0. The van der Waals surface area contributed by atoms with Crippen molar-refractivity contribution in [3.8, 4) is 11.1 Å². The number of hydrogen-bond donors (Lipinski definition) is 2. The number of thiophene rings is 1. The van der Waals surface area contributed by atoms with Gasteiger partial charge in [-0.1, -0.05) is 54.6 Å². The second-order valence-electron chi connectivity index (χ2n) is 7.73. The first-order chi connectivity index (χ1) is 14.2. The molecule has 2 aromatic carbocycles. The van der Waals surface area contributed by atoms with Gasteiger partial charge in [-0.3, -0.25) is 4.79 Å². The molecule has 0 unspecified atom stereocenters. The molecule has 1 aliphatic carbocycles. The van der Waals surface area contributed by atoms with Crippen LogP contribution in [0.1, 0.15) is 40.7 Å². The molecule has 0 spiro atoms. The molecule has 2 heterocycles. The van der Waals surface area contributed by atoms with E-state index in [1.807, 2.05) is 18.2 Å². The van der Waals surface area contributed by atoms with Crippen molar-refractivity contribution >= 4 is 21.6 Å². The molecule has 0 aliphatic heterocycles. The highest BCUT2D eigenvalue weighted by Gasteiger charge is 2.23. The highest BCUT2D eigenvalue weighted by molar-refractivity contribution is 7.19. The van der Waals surface area contributed by atoms with Crippen molar-refractivity contribution in [3.63, 3.8) is 0 Å². The molecule has 0 bridgehead atoms. The molecule has 3 N–H and O–H groups in total. The van der Waals surface area contributed by atoms with E-state index in [1.165, 1.54) is 24.0 Å². The molecule has 4 nitrogen and oxygen atoms in total. The lowest BCUT2D eigenvalue weighted by Crippen LogP contribution is -2.84. The van der Waals surface area contributed by atoms with Crippen molar-refractivity contribution < 1.29 is 5.32 Å². The number of nitrogens with zero attached hydrogens (tertiary/aromatic N) is 1. The molecule has 4 aromatic rings. The summed E-state index contributed by atoms with van der Waals surface area (Å²) in [6.07, 6.45) is 3.55. The van der Waals surface area contributed by atoms with E-state index in [4.69, 9.17) is 4.98 Å². The highest BCUT2D eigenvalue weighted by atomic mass is 32.1. The third-order valence-electron chi connectivity index (χ3n) is 5.86. The van der Waals surface area contributed by atoms with Crippen molar-refractivity contribution in [3.05, 3.63) is 86.8 Å². The van der Waals surface area contributed by atoms with Gasteiger partial charge >= 0.3 is 0 Å². The van der Waals surface area contributed by atoms with Gasteiger partial charge in [0.25, 0.3) is 5.56 Å². The fraction of sp³-hybridized carbons (Fsp3) is 0.250. The largest absolute Gasteiger partial charge is 0.334 e. The average molecular weight is 403 g/mol. The monoisotopic (exact) mass is 402 g/mol. The zero-order valence-corrected chi connectivity index (χ0v) is 17.3. The average Bonchev–Trinajstić information content (AvgIpc) is 3.09. The number of aromatic amines is 1. The van der Waals surface area contributed by atoms with Gasteiger partial charge in [0.2, 0.25) is 0 Å². The normalized spacial score (nSPS) is 16.1. The van der Waals surface area contributed by atoms with Crippen LogP contribution in [0.15, 0.2) is 59.4 Å². The van der Waals surface area contributed by atoms with Crippen LogP contribution < -0.4 is 10.9 Å². The molecular weight excluding hydrogens is 378 g/mol. The fourth-order valence-corrected chi connectivity index (χ4v) is 5.57. The molecule has 5 heteroatoms. The molecule has 0 fully saturated rings. The molecule has 0 saturated carbocycles. The predicted molar refractivity (Wildman–Crippen MR) is 118 cm³/mol. The zero-order valence-electron chi connectivity index (χ0n) is 16.4. The maximum Gasteiger partial charge on any atom is 0.260 e. The summed E-state index contributed by atoms with van der Waals surface area (Å²) < 4.78 is 0. The Morgan fingerprint density at radius 3 is 2.79 bits per heavy atom. The topological polar surface area (TPSA) is 62.4 Å². The van der Waals surface area contributed by atoms with E-state index < -0.39 is 0 Å². The Kier molecular flexibility index (Phi) is 4.78. The minimum Gasteiger partial charge on any atom is -0.334 e. The molecule has 0 saturated heterocycles. The number of nitrogens with one attached hydrogen (secondary N) is 1. The highest BCUT2D eigenvalue weighted by Crippen LogP contribution is 2.35. The first kappa shape index (κ1) is 18.3. The summed E-state index contributed by atoms with van der Waals surface area (Å²) in [4.78, 5) is 22.8. The first-order valence-electron chi connectivity index (χ1n) is 10.2. The van der Waals surface area contributed by atoms with Gasteiger partial charge in [-0.25, -0.2) is 4.98 Å². The summed E-state index contributed by atoms with van der Waals surface area (Å²) in [5.74, 6) is 0.756. The second kappa shape index (κ2) is 7.58. The van der Waals surface area contributed by atoms with Crippen LogP contribution in [0.2, 0.25) is 0 Å². The van der Waals surface area contributed by atoms with Crippen LogP contribution in [0.5, 0.6) is 0 Å². The Hall–Kier alpha value is -2.76. The molecule has 29 heavy (non-hydrogen) atoms. The van der Waals surface area contributed by atoms with E-state index in [2.05, 4.69) is 53.6 Å². The number of aromatic nitrogens is 2. The molecule has 5 rings (SSSR count). The van der Waals surface area contributed by atoms with E-state index in [0.29, 0.717) is 18.0 Å². The number of aryl methyl sites for hydroxylation is 2. The number of benzene rings is 2. The minimum atomic E-state index is -0.0364. The van der Waals surface area contributed by atoms with Crippen molar-refractivity contribution in [2.24, 2.45) is 0 Å². The van der Waals surface area contributed by atoms with Gasteiger partial charge in [-0.05, 0) is 30.9 Å². The third-order valence-corrected chi connectivity index (χ3v) is 6.86. The van der Waals surface area contributed by atoms with E-state index in [9.17, 15) is 4.79 Å². The number of nitrogens with two attached hydrogens (primary N) is 1. The van der Waals surface area contributed by atoms with Crippen LogP contribution in [0.3, 0.4) is 0 Å². The Bertz CT molecular complexity index is 1230. The molecular formula is C24H24N3OS+. The lowest BCUT2D eigenvalue weighted by Gasteiger charge is -2.23. The third kappa shape index (κ3) is 3.41. The Morgan fingerprint density at radius 2 is 1.93 bits per heavy atom. The lowest BCUT2D eigenvalue weighted by molar-refractivity contribution is -0.713. The molecule has 1 atom stereocenters. The van der Waals surface area contributed by atoms with Crippen LogP contribution >= 0.6 is 11.3 Å². The summed E-state index contributed by atoms with van der Waals surface area (Å²) >= 11 is 1.61. The van der Waals surface area contributed by atoms with Gasteiger partial charge < -0.3 is 10.3 Å². The second-order valence-corrected chi connectivity index (χ2v) is 8.93. The van der Waals surface area contributed by atoms with Crippen LogP contribution in [0, 0.1) is 6.92 Å². The number of quaternary nitrogens is 1. The van der Waals surface area contributed by atoms with E-state index in [0.717, 1.165) is 33.1 Å². The summed E-state index contributed by atoms with van der Waals surface area (Å²) in [5, 5.41) is 3.03. The van der Waals surface area contributed by atoms with Gasteiger partial charge in [-0.15, -0.1) is 11.3 Å². The summed E-state index contributed by atoms with van der Waals surface area (Å²) in [7, 11) is 0. The van der Waals surface area contributed by atoms with Gasteiger partial charge in [0, 0.05) is 22.4 Å². The van der Waals surface area contributed by atoms with Crippen LogP contribution in [0.25, 0.3) is 21.3 Å². The number of fused-ring (bicyclic) bond motifs is 2. The standard InChI is InChI=1S/C24H23N3OS/c1-15-21(17-9-3-2-4-10-17)22-23(28)26-20(27-24(22)29-15)14-25-19-13-7-11-16-8-5-6-12-18(16)19/h2-6,8-10,12,19,25H,7,11,13-14H2,1H3,(H,26,27,28)/p+1/t19-/m0/s1. The Morgan fingerprint density at radius 1 is 1.14 bits per heavy atom. The van der Waals surface area contributed by atoms with Crippen LogP contribution in [0.4, 0.5) is 0 Å². The summed E-state index contributed by atoms with van der Waals surface area (Å²) in [6.45, 7) is 2.75. The quantitative estimate of drug-likeness (QED) is 0.540. The SMILES string of the molecule is Cc1sc2nc(C[NH2+][C@H]3CCCc4ccccc43)[nH]c(=O)c2c1-c1ccccc1. The van der Waals surface area contributed by atoms with Crippen molar-refractivity contribution in [1.29, 1.82) is 0 Å². The predicted octanol–water partition coefficient (Wildman–Crippen LogP) is 4.10. The molecule has 0 amide bonds. The number of hydrogen-bond acceptors (Lipinski definition) is 3. The van der Waals surface area contributed by atoms with E-state index in [-0.39, 0.29) is 5.56 Å². The van der Waals surface area contributed by atoms with E-state index in [1.54, 1.807) is 11.3 Å². The van der Waals surface area contributed by atoms with Gasteiger partial charge in [0.05, 0.1) is 5.39 Å². The van der Waals surface area contributed by atoms with Crippen molar-refractivity contribution in [1.82, 2.24) is 9.97 Å². The van der Waals surface area contributed by atoms with Crippen LogP contribution in [-0.4, -0.2) is 9.97 Å². The van der Waals surface area contributed by atoms with Crippen molar-refractivity contribution in [2.45, 2.75) is 38.8 Å². The number of H-pyrrole nitrogens is 1. The van der Waals surface area contributed by atoms with Gasteiger partial charge in [-0.2, -0.15) is 0 Å².